The Bertz CT molecular complexity index is 549. The van der Waals surface area contributed by atoms with Gasteiger partial charge in [-0.3, -0.25) is 4.79 Å². The molecule has 1 fully saturated rings. The molecule has 2 unspecified atom stereocenters. The third kappa shape index (κ3) is 2.69. The largest absolute Gasteiger partial charge is 0.479 e. The number of hydrogen-bond acceptors (Lipinski definition) is 3. The molecule has 0 aromatic heterocycles. The van der Waals surface area contributed by atoms with E-state index in [1.807, 2.05) is 0 Å². The van der Waals surface area contributed by atoms with Crippen LogP contribution in [-0.4, -0.2) is 41.1 Å². The number of benzene rings is 1. The van der Waals surface area contributed by atoms with Crippen LogP contribution in [-0.2, 0) is 14.3 Å². The van der Waals surface area contributed by atoms with Crippen molar-refractivity contribution in [3.63, 3.8) is 0 Å². The summed E-state index contributed by atoms with van der Waals surface area (Å²) in [6.07, 6.45) is -1.16. The first-order valence-corrected chi connectivity index (χ1v) is 6.83. The average Bonchev–Trinajstić information content (AvgIpc) is 2.41. The minimum Gasteiger partial charge on any atom is -0.479 e. The van der Waals surface area contributed by atoms with E-state index in [9.17, 15) is 19.1 Å². The van der Waals surface area contributed by atoms with Crippen LogP contribution < -0.4 is 0 Å². The average molecular weight is 346 g/mol. The fourth-order valence-corrected chi connectivity index (χ4v) is 2.68. The van der Waals surface area contributed by atoms with Gasteiger partial charge < -0.3 is 14.7 Å². The molecule has 5 nitrogen and oxygen atoms in total. The van der Waals surface area contributed by atoms with Crippen molar-refractivity contribution >= 4 is 27.8 Å². The van der Waals surface area contributed by atoms with Crippen LogP contribution in [0.5, 0.6) is 0 Å². The lowest BCUT2D eigenvalue weighted by Gasteiger charge is -2.39. The lowest BCUT2D eigenvalue weighted by atomic mass is 9.97. The Morgan fingerprint density at radius 1 is 1.60 bits per heavy atom. The van der Waals surface area contributed by atoms with E-state index in [4.69, 9.17) is 4.74 Å². The fraction of sp³-hybridized carbons (Fsp3) is 0.385. The highest BCUT2D eigenvalue weighted by Gasteiger charge is 2.41. The van der Waals surface area contributed by atoms with Crippen LogP contribution in [0.3, 0.4) is 0 Å². The van der Waals surface area contributed by atoms with Crippen molar-refractivity contribution in [3.8, 4) is 0 Å². The minimum absolute atomic E-state index is 0.216. The van der Waals surface area contributed by atoms with Gasteiger partial charge >= 0.3 is 5.97 Å². The molecule has 108 valence electrons. The number of ether oxygens (including phenoxy) is 1. The first-order valence-electron chi connectivity index (χ1n) is 6.04. The predicted octanol–water partition coefficient (Wildman–Crippen LogP) is 1.96. The zero-order valence-corrected chi connectivity index (χ0v) is 12.3. The first-order chi connectivity index (χ1) is 9.45. The van der Waals surface area contributed by atoms with Gasteiger partial charge in [-0.2, -0.15) is 0 Å². The smallest absolute Gasteiger partial charge is 0.335 e. The van der Waals surface area contributed by atoms with Crippen molar-refractivity contribution in [1.82, 2.24) is 4.90 Å². The topological polar surface area (TPSA) is 66.8 Å². The van der Waals surface area contributed by atoms with Gasteiger partial charge in [0.1, 0.15) is 12.4 Å². The van der Waals surface area contributed by atoms with Gasteiger partial charge in [-0.1, -0.05) is 6.07 Å². The number of carboxylic acids is 1. The highest BCUT2D eigenvalue weighted by atomic mass is 79.9. The molecule has 1 heterocycles. The van der Waals surface area contributed by atoms with E-state index < -0.39 is 23.9 Å². The third-order valence-electron chi connectivity index (χ3n) is 3.20. The monoisotopic (exact) mass is 345 g/mol. The fourth-order valence-electron chi connectivity index (χ4n) is 2.28. The zero-order valence-electron chi connectivity index (χ0n) is 10.7. The summed E-state index contributed by atoms with van der Waals surface area (Å²) in [6.45, 7) is 1.85. The quantitative estimate of drug-likeness (QED) is 0.909. The molecule has 0 radical (unpaired) electrons. The Labute approximate surface area is 123 Å². The van der Waals surface area contributed by atoms with E-state index in [1.54, 1.807) is 6.92 Å². The standard InChI is InChI=1S/C13H13BrFNO4/c1-2-16-10(17)6-20-12(13(18)19)11(16)7-3-4-9(15)8(14)5-7/h3-5,11-12H,2,6H2,1H3,(H,18,19). The van der Waals surface area contributed by atoms with Gasteiger partial charge in [0.2, 0.25) is 5.91 Å². The Morgan fingerprint density at radius 3 is 2.85 bits per heavy atom. The number of nitrogens with zero attached hydrogens (tertiary/aromatic N) is 1. The SMILES string of the molecule is CCN1C(=O)COC(C(=O)O)C1c1ccc(F)c(Br)c1. The van der Waals surface area contributed by atoms with Gasteiger partial charge in [0, 0.05) is 6.54 Å². The minimum atomic E-state index is -1.16. The number of carbonyl (C=O) groups excluding carboxylic acids is 1. The summed E-state index contributed by atoms with van der Waals surface area (Å²) in [7, 11) is 0. The normalized spacial score (nSPS) is 22.9. The number of likely N-dealkylation sites (N-methyl/N-ethyl adjacent to an activating group) is 1. The highest BCUT2D eigenvalue weighted by Crippen LogP contribution is 2.32. The van der Waals surface area contributed by atoms with Gasteiger partial charge in [-0.15, -0.1) is 0 Å². The van der Waals surface area contributed by atoms with Gasteiger partial charge in [0.05, 0.1) is 10.5 Å². The lowest BCUT2D eigenvalue weighted by molar-refractivity contribution is -0.172. The Hall–Kier alpha value is -1.47. The summed E-state index contributed by atoms with van der Waals surface area (Å²) < 4.78 is 18.6. The number of hydrogen-bond donors (Lipinski definition) is 1. The van der Waals surface area contributed by atoms with Crippen LogP contribution in [0.4, 0.5) is 4.39 Å². The molecule has 2 rings (SSSR count). The second kappa shape index (κ2) is 5.88. The molecule has 7 heteroatoms. The van der Waals surface area contributed by atoms with Gasteiger partial charge in [0.25, 0.3) is 0 Å². The maximum atomic E-state index is 13.3. The molecule has 20 heavy (non-hydrogen) atoms. The molecule has 1 saturated heterocycles. The summed E-state index contributed by atoms with van der Waals surface area (Å²) in [5.74, 6) is -1.89. The van der Waals surface area contributed by atoms with Gasteiger partial charge in [0.15, 0.2) is 6.10 Å². The van der Waals surface area contributed by atoms with Crippen LogP contribution in [0.1, 0.15) is 18.5 Å². The van der Waals surface area contributed by atoms with E-state index in [0.717, 1.165) is 0 Å². The lowest BCUT2D eigenvalue weighted by Crippen LogP contribution is -2.51. The summed E-state index contributed by atoms with van der Waals surface area (Å²) in [4.78, 5) is 24.6. The summed E-state index contributed by atoms with van der Waals surface area (Å²) in [5.41, 5.74) is 0.514. The van der Waals surface area contributed by atoms with Crippen molar-refractivity contribution in [1.29, 1.82) is 0 Å². The molecule has 1 amide bonds. The molecule has 1 N–H and O–H groups in total. The summed E-state index contributed by atoms with van der Waals surface area (Å²) in [5, 5.41) is 9.24. The highest BCUT2D eigenvalue weighted by molar-refractivity contribution is 9.10. The molecule has 0 bridgehead atoms. The Balaban J connectivity index is 2.46. The van der Waals surface area contributed by atoms with Crippen molar-refractivity contribution in [2.24, 2.45) is 0 Å². The first kappa shape index (κ1) is 14.9. The summed E-state index contributed by atoms with van der Waals surface area (Å²) in [6, 6.07) is 3.40. The number of carbonyl (C=O) groups is 2. The second-order valence-electron chi connectivity index (χ2n) is 4.37. The van der Waals surface area contributed by atoms with Crippen molar-refractivity contribution < 1.29 is 23.8 Å². The number of morpholine rings is 1. The Kier molecular flexibility index (Phi) is 4.39. The molecule has 2 atom stereocenters. The predicted molar refractivity (Wildman–Crippen MR) is 71.6 cm³/mol. The third-order valence-corrected chi connectivity index (χ3v) is 3.81. The van der Waals surface area contributed by atoms with Crippen molar-refractivity contribution in [2.45, 2.75) is 19.1 Å². The number of amides is 1. The van der Waals surface area contributed by atoms with E-state index >= 15 is 0 Å². The molecule has 0 aliphatic carbocycles. The molecule has 0 spiro atoms. The maximum absolute atomic E-state index is 13.3. The maximum Gasteiger partial charge on any atom is 0.335 e. The molecular formula is C13H13BrFNO4. The van der Waals surface area contributed by atoms with Crippen LogP contribution in [0.25, 0.3) is 0 Å². The molecule has 1 aromatic rings. The van der Waals surface area contributed by atoms with Crippen LogP contribution in [0, 0.1) is 5.82 Å². The number of rotatable bonds is 3. The number of aliphatic carboxylic acids is 1. The molecule has 1 aromatic carbocycles. The second-order valence-corrected chi connectivity index (χ2v) is 5.22. The molecule has 1 aliphatic rings. The van der Waals surface area contributed by atoms with Crippen molar-refractivity contribution in [3.05, 3.63) is 34.1 Å². The van der Waals surface area contributed by atoms with Gasteiger partial charge in [-0.05, 0) is 40.5 Å². The van der Waals surface area contributed by atoms with E-state index in [0.29, 0.717) is 12.1 Å². The van der Waals surface area contributed by atoms with Crippen LogP contribution in [0.15, 0.2) is 22.7 Å². The van der Waals surface area contributed by atoms with Crippen LogP contribution in [0.2, 0.25) is 0 Å². The van der Waals surface area contributed by atoms with Crippen LogP contribution >= 0.6 is 15.9 Å². The van der Waals surface area contributed by atoms with Crippen molar-refractivity contribution in [2.75, 3.05) is 13.2 Å². The molecular weight excluding hydrogens is 333 g/mol. The van der Waals surface area contributed by atoms with E-state index in [1.165, 1.54) is 23.1 Å². The molecule has 0 saturated carbocycles. The van der Waals surface area contributed by atoms with E-state index in [2.05, 4.69) is 15.9 Å². The Morgan fingerprint density at radius 2 is 2.30 bits per heavy atom. The number of halogens is 2. The summed E-state index contributed by atoms with van der Waals surface area (Å²) >= 11 is 3.06. The molecule has 1 aliphatic heterocycles. The van der Waals surface area contributed by atoms with Gasteiger partial charge in [-0.25, -0.2) is 9.18 Å². The zero-order chi connectivity index (χ0) is 14.9. The number of carboxylic acid groups (broad SMARTS) is 1. The van der Waals surface area contributed by atoms with E-state index in [-0.39, 0.29) is 17.0 Å².